The summed E-state index contributed by atoms with van der Waals surface area (Å²) in [6.07, 6.45) is 2.02. The van der Waals surface area contributed by atoms with Crippen molar-refractivity contribution in [1.82, 2.24) is 14.0 Å². The van der Waals surface area contributed by atoms with Crippen LogP contribution in [-0.4, -0.2) is 14.0 Å². The summed E-state index contributed by atoms with van der Waals surface area (Å²) in [5.74, 6) is 0. The lowest BCUT2D eigenvalue weighted by Gasteiger charge is -2.11. The zero-order valence-electron chi connectivity index (χ0n) is 23.0. The second kappa shape index (κ2) is 8.34. The number of hydrogen-bond donors (Lipinski definition) is 0. The minimum Gasteiger partial charge on any atom is -0.456 e. The van der Waals surface area contributed by atoms with Crippen molar-refractivity contribution in [2.45, 2.75) is 0 Å². The van der Waals surface area contributed by atoms with E-state index in [1.54, 1.807) is 0 Å². The van der Waals surface area contributed by atoms with Crippen LogP contribution < -0.4 is 0 Å². The number of aromatic nitrogens is 3. The molecule has 4 aromatic heterocycles. The van der Waals surface area contributed by atoms with Crippen LogP contribution in [0.4, 0.5) is 0 Å². The number of hydrogen-bond acceptors (Lipinski definition) is 2. The maximum atomic E-state index is 6.29. The zero-order chi connectivity index (χ0) is 28.1. The van der Waals surface area contributed by atoms with Gasteiger partial charge in [-0.2, -0.15) is 0 Å². The summed E-state index contributed by atoms with van der Waals surface area (Å²) >= 11 is 0. The van der Waals surface area contributed by atoms with Crippen LogP contribution in [0.25, 0.3) is 88.0 Å². The van der Waals surface area contributed by atoms with E-state index < -0.39 is 0 Å². The Labute approximate surface area is 245 Å². The Hall–Kier alpha value is -5.87. The highest BCUT2D eigenvalue weighted by atomic mass is 16.3. The Bertz CT molecular complexity index is 2740. The van der Waals surface area contributed by atoms with Crippen LogP contribution in [0.1, 0.15) is 0 Å². The number of rotatable bonds is 2. The molecule has 0 atom stereocenters. The third kappa shape index (κ3) is 3.07. The van der Waals surface area contributed by atoms with Crippen LogP contribution in [-0.2, 0) is 0 Å². The van der Waals surface area contributed by atoms with Gasteiger partial charge in [-0.1, -0.05) is 78.9 Å². The Balaban J connectivity index is 1.29. The predicted molar refractivity (Wildman–Crippen MR) is 177 cm³/mol. The van der Waals surface area contributed by atoms with Gasteiger partial charge in [-0.25, -0.2) is 0 Å². The van der Waals surface area contributed by atoms with Crippen LogP contribution in [0.2, 0.25) is 0 Å². The first-order chi connectivity index (χ1) is 21.3. The van der Waals surface area contributed by atoms with Crippen LogP contribution in [0.15, 0.2) is 144 Å². The monoisotopic (exact) mass is 549 g/mol. The second-order valence-corrected chi connectivity index (χ2v) is 11.2. The molecule has 0 radical (unpaired) electrons. The van der Waals surface area contributed by atoms with E-state index in [-0.39, 0.29) is 0 Å². The molecule has 0 bridgehead atoms. The van der Waals surface area contributed by atoms with Crippen molar-refractivity contribution in [1.29, 1.82) is 0 Å². The molecule has 0 N–H and O–H groups in total. The van der Waals surface area contributed by atoms with Gasteiger partial charge in [-0.15, -0.1) is 0 Å². The first kappa shape index (κ1) is 22.8. The summed E-state index contributed by atoms with van der Waals surface area (Å²) < 4.78 is 11.0. The van der Waals surface area contributed by atoms with Crippen molar-refractivity contribution < 1.29 is 4.42 Å². The highest BCUT2D eigenvalue weighted by Crippen LogP contribution is 2.41. The fourth-order valence-corrected chi connectivity index (χ4v) is 7.10. The molecule has 0 unspecified atom stereocenters. The summed E-state index contributed by atoms with van der Waals surface area (Å²) in [6.45, 7) is 0. The first-order valence-corrected chi connectivity index (χ1v) is 14.6. The van der Waals surface area contributed by atoms with E-state index in [0.717, 1.165) is 55.3 Å². The molecule has 4 nitrogen and oxygen atoms in total. The number of para-hydroxylation sites is 5. The van der Waals surface area contributed by atoms with Crippen molar-refractivity contribution in [3.63, 3.8) is 0 Å². The van der Waals surface area contributed by atoms with E-state index in [9.17, 15) is 0 Å². The summed E-state index contributed by atoms with van der Waals surface area (Å²) in [5.41, 5.74) is 12.0. The third-order valence-electron chi connectivity index (χ3n) is 8.92. The SMILES string of the molecule is c1cc(-c2c3ccccc3n3c2cnc2ccccc23)cc(-n2c3ccccc3c3cc4oc5ccccc5c4cc32)c1. The topological polar surface area (TPSA) is 35.4 Å². The lowest BCUT2D eigenvalue weighted by atomic mass is 10.0. The highest BCUT2D eigenvalue weighted by molar-refractivity contribution is 6.17. The summed E-state index contributed by atoms with van der Waals surface area (Å²) in [4.78, 5) is 4.86. The van der Waals surface area contributed by atoms with Crippen LogP contribution in [0.3, 0.4) is 0 Å². The van der Waals surface area contributed by atoms with Gasteiger partial charge in [-0.3, -0.25) is 4.98 Å². The quantitative estimate of drug-likeness (QED) is 0.215. The van der Waals surface area contributed by atoms with E-state index >= 15 is 0 Å². The van der Waals surface area contributed by atoms with Crippen molar-refractivity contribution in [2.75, 3.05) is 0 Å². The molecule has 10 aromatic rings. The number of fused-ring (bicyclic) bond motifs is 11. The lowest BCUT2D eigenvalue weighted by molar-refractivity contribution is 0.669. The molecular weight excluding hydrogens is 526 g/mol. The Kier molecular flexibility index (Phi) is 4.42. The summed E-state index contributed by atoms with van der Waals surface area (Å²) in [5, 5.41) is 5.87. The Morgan fingerprint density at radius 1 is 0.465 bits per heavy atom. The molecule has 200 valence electrons. The molecule has 0 saturated heterocycles. The van der Waals surface area contributed by atoms with Gasteiger partial charge in [0.05, 0.1) is 39.3 Å². The molecule has 43 heavy (non-hydrogen) atoms. The molecule has 0 aliphatic rings. The van der Waals surface area contributed by atoms with E-state index in [2.05, 4.69) is 124 Å². The Morgan fingerprint density at radius 2 is 1.21 bits per heavy atom. The van der Waals surface area contributed by atoms with Gasteiger partial charge in [0.15, 0.2) is 0 Å². The fraction of sp³-hybridized carbons (Fsp3) is 0. The van der Waals surface area contributed by atoms with Crippen molar-refractivity contribution in [3.05, 3.63) is 140 Å². The minimum atomic E-state index is 0.914. The molecule has 0 aliphatic heterocycles. The maximum absolute atomic E-state index is 6.29. The van der Waals surface area contributed by atoms with Gasteiger partial charge in [0, 0.05) is 38.2 Å². The van der Waals surface area contributed by atoms with Crippen molar-refractivity contribution in [3.8, 4) is 16.8 Å². The van der Waals surface area contributed by atoms with E-state index in [0.29, 0.717) is 0 Å². The molecule has 0 aliphatic carbocycles. The number of benzene rings is 6. The second-order valence-electron chi connectivity index (χ2n) is 11.2. The van der Waals surface area contributed by atoms with Crippen LogP contribution in [0, 0.1) is 0 Å². The van der Waals surface area contributed by atoms with Crippen LogP contribution >= 0.6 is 0 Å². The van der Waals surface area contributed by atoms with Gasteiger partial charge in [0.1, 0.15) is 11.2 Å². The zero-order valence-corrected chi connectivity index (χ0v) is 23.0. The molecule has 4 heterocycles. The van der Waals surface area contributed by atoms with Gasteiger partial charge in [0.2, 0.25) is 0 Å². The van der Waals surface area contributed by atoms with Gasteiger partial charge >= 0.3 is 0 Å². The first-order valence-electron chi connectivity index (χ1n) is 14.6. The maximum Gasteiger partial charge on any atom is 0.136 e. The van der Waals surface area contributed by atoms with Gasteiger partial charge in [0.25, 0.3) is 0 Å². The molecule has 6 aromatic carbocycles. The average molecular weight is 550 g/mol. The standard InChI is InChI=1S/C39H23N3O/c1-5-16-32-26(12-1)29-22-38-30(27-13-3-8-19-37(27)43-38)21-35(29)41(32)25-11-9-10-24(20-25)39-28-14-2-6-17-33(28)42-34-18-7-4-15-31(34)40-23-36(39)42/h1-23H. The number of furan rings is 1. The summed E-state index contributed by atoms with van der Waals surface area (Å²) in [7, 11) is 0. The normalized spacial score (nSPS) is 12.2. The predicted octanol–water partition coefficient (Wildman–Crippen LogP) is 10.3. The fourth-order valence-electron chi connectivity index (χ4n) is 7.10. The highest BCUT2D eigenvalue weighted by Gasteiger charge is 2.19. The third-order valence-corrected chi connectivity index (χ3v) is 8.92. The molecular formula is C39H23N3O. The number of nitrogens with zero attached hydrogens (tertiary/aromatic N) is 3. The lowest BCUT2D eigenvalue weighted by Crippen LogP contribution is -1.94. The van der Waals surface area contributed by atoms with E-state index in [1.165, 1.54) is 32.8 Å². The van der Waals surface area contributed by atoms with Gasteiger partial charge in [-0.05, 0) is 60.2 Å². The van der Waals surface area contributed by atoms with Crippen molar-refractivity contribution in [2.24, 2.45) is 0 Å². The average Bonchev–Trinajstić information content (AvgIpc) is 3.71. The van der Waals surface area contributed by atoms with E-state index in [4.69, 9.17) is 9.40 Å². The minimum absolute atomic E-state index is 0.914. The molecule has 4 heteroatoms. The summed E-state index contributed by atoms with van der Waals surface area (Å²) in [6, 6.07) is 47.4. The Morgan fingerprint density at radius 3 is 2.12 bits per heavy atom. The largest absolute Gasteiger partial charge is 0.456 e. The van der Waals surface area contributed by atoms with E-state index in [1.807, 2.05) is 24.4 Å². The van der Waals surface area contributed by atoms with Crippen molar-refractivity contribution >= 4 is 71.2 Å². The molecule has 10 rings (SSSR count). The molecule has 0 spiro atoms. The molecule has 0 saturated carbocycles. The van der Waals surface area contributed by atoms with Gasteiger partial charge < -0.3 is 13.4 Å². The molecule has 0 fully saturated rings. The smallest absolute Gasteiger partial charge is 0.136 e. The molecule has 0 amide bonds. The van der Waals surface area contributed by atoms with Crippen LogP contribution in [0.5, 0.6) is 0 Å².